The molecular weight excluding hydrogens is 747 g/mol. The smallest absolute Gasteiger partial charge is 0.167 e. The predicted molar refractivity (Wildman–Crippen MR) is 250 cm³/mol. The molecule has 9 aromatic carbocycles. The zero-order chi connectivity index (χ0) is 40.0. The highest BCUT2D eigenvalue weighted by Crippen LogP contribution is 2.45. The summed E-state index contributed by atoms with van der Waals surface area (Å²) < 4.78 is 11.7. The summed E-state index contributed by atoms with van der Waals surface area (Å²) in [6.45, 7) is 0. The Bertz CT molecular complexity index is 3810. The predicted octanol–water partition coefficient (Wildman–Crippen LogP) is 14.1. The molecule has 0 N–H and O–H groups in total. The lowest BCUT2D eigenvalue weighted by atomic mass is 9.99. The van der Waals surface area contributed by atoms with Crippen molar-refractivity contribution in [3.8, 4) is 45.5 Å². The molecule has 0 spiro atoms. The Labute approximate surface area is 349 Å². The second-order valence-corrected chi connectivity index (χ2v) is 15.6. The molecule has 0 aliphatic carbocycles. The number of hydrogen-bond acceptors (Lipinski definition) is 4. The molecule has 0 aliphatic heterocycles. The number of rotatable bonds is 5. The van der Waals surface area contributed by atoms with Gasteiger partial charge in [0.05, 0.1) is 27.6 Å². The third-order valence-corrected chi connectivity index (χ3v) is 12.1. The van der Waals surface area contributed by atoms with Crippen LogP contribution in [0.25, 0.3) is 122 Å². The molecule has 0 unspecified atom stereocenters. The quantitative estimate of drug-likeness (QED) is 0.175. The lowest BCUT2D eigenvalue weighted by Gasteiger charge is -2.10. The van der Waals surface area contributed by atoms with Gasteiger partial charge in [0.25, 0.3) is 0 Å². The van der Waals surface area contributed by atoms with Gasteiger partial charge in [0, 0.05) is 54.8 Å². The Kier molecular flexibility index (Phi) is 7.21. The van der Waals surface area contributed by atoms with E-state index >= 15 is 0 Å². The van der Waals surface area contributed by atoms with Gasteiger partial charge in [-0.2, -0.15) is 0 Å². The molecule has 0 fully saturated rings. The van der Waals surface area contributed by atoms with Crippen LogP contribution in [0.1, 0.15) is 0 Å². The number of nitrogens with zero attached hydrogens (tertiary/aromatic N) is 5. The standard InChI is InChI=1S/C55H33N5O/c1-4-16-34(17-5-1)53-56-54(35-18-6-2-7-19-35)58-55(57-53)43-32-36-20-10-11-23-39(36)49-42-33-38(28-31-48(42)61-52(43)49)60-45-27-15-13-25-41(45)51-47(60)30-29-46-50(51)40-24-12-14-26-44(40)59(46)37-21-8-3-9-22-37/h1-33H. The van der Waals surface area contributed by atoms with E-state index in [4.69, 9.17) is 19.4 Å². The number of benzene rings is 9. The molecule has 13 aromatic rings. The summed E-state index contributed by atoms with van der Waals surface area (Å²) in [5.74, 6) is 1.77. The van der Waals surface area contributed by atoms with Crippen LogP contribution in [0.2, 0.25) is 0 Å². The first kappa shape index (κ1) is 33.6. The first-order chi connectivity index (χ1) is 30.3. The molecule has 0 saturated heterocycles. The molecular formula is C55H33N5O. The topological polar surface area (TPSA) is 61.7 Å². The highest BCUT2D eigenvalue weighted by Gasteiger charge is 2.23. The average molecular weight is 780 g/mol. The minimum atomic E-state index is 0.559. The molecule has 0 atom stereocenters. The summed E-state index contributed by atoms with van der Waals surface area (Å²) in [7, 11) is 0. The highest BCUT2D eigenvalue weighted by molar-refractivity contribution is 6.29. The molecule has 0 bridgehead atoms. The summed E-state index contributed by atoms with van der Waals surface area (Å²) in [6.07, 6.45) is 0. The van der Waals surface area contributed by atoms with Gasteiger partial charge in [-0.15, -0.1) is 0 Å². The average Bonchev–Trinajstić information content (AvgIpc) is 4.00. The van der Waals surface area contributed by atoms with E-state index < -0.39 is 0 Å². The Morgan fingerprint density at radius 3 is 1.48 bits per heavy atom. The molecule has 6 heteroatoms. The lowest BCUT2D eigenvalue weighted by molar-refractivity contribution is 0.669. The van der Waals surface area contributed by atoms with E-state index in [1.165, 1.54) is 32.6 Å². The minimum Gasteiger partial charge on any atom is -0.455 e. The molecule has 4 heterocycles. The molecule has 0 radical (unpaired) electrons. The molecule has 0 saturated carbocycles. The summed E-state index contributed by atoms with van der Waals surface area (Å²) in [4.78, 5) is 15.2. The van der Waals surface area contributed by atoms with E-state index in [1.54, 1.807) is 0 Å². The SMILES string of the molecule is c1ccc(-c2nc(-c3ccccc3)nc(-c3cc4ccccc4c4c3oc3ccc(-n5c6ccccc6c6c7c8ccccc8n(-c8ccccc8)c7ccc65)cc34)n2)cc1. The molecule has 0 amide bonds. The van der Waals surface area contributed by atoms with Crippen molar-refractivity contribution < 1.29 is 4.42 Å². The van der Waals surface area contributed by atoms with Crippen molar-refractivity contribution in [3.63, 3.8) is 0 Å². The Morgan fingerprint density at radius 1 is 0.344 bits per heavy atom. The molecule has 284 valence electrons. The van der Waals surface area contributed by atoms with Gasteiger partial charge in [0.1, 0.15) is 11.2 Å². The van der Waals surface area contributed by atoms with E-state index in [0.717, 1.165) is 71.8 Å². The van der Waals surface area contributed by atoms with Crippen molar-refractivity contribution in [1.29, 1.82) is 0 Å². The van der Waals surface area contributed by atoms with Crippen LogP contribution < -0.4 is 0 Å². The van der Waals surface area contributed by atoms with E-state index in [2.05, 4.69) is 149 Å². The van der Waals surface area contributed by atoms with Gasteiger partial charge in [0.2, 0.25) is 0 Å². The first-order valence-electron chi connectivity index (χ1n) is 20.5. The van der Waals surface area contributed by atoms with Crippen LogP contribution in [-0.4, -0.2) is 24.1 Å². The fraction of sp³-hybridized carbons (Fsp3) is 0. The Hall–Kier alpha value is -8.35. The normalized spacial score (nSPS) is 11.9. The third kappa shape index (κ3) is 5.06. The zero-order valence-corrected chi connectivity index (χ0v) is 32.7. The van der Waals surface area contributed by atoms with Gasteiger partial charge in [0.15, 0.2) is 17.5 Å². The van der Waals surface area contributed by atoms with E-state index in [1.807, 2.05) is 60.7 Å². The van der Waals surface area contributed by atoms with E-state index in [0.29, 0.717) is 17.5 Å². The van der Waals surface area contributed by atoms with Gasteiger partial charge in [-0.25, -0.2) is 15.0 Å². The lowest BCUT2D eigenvalue weighted by Crippen LogP contribution is -2.00. The largest absolute Gasteiger partial charge is 0.455 e. The number of para-hydroxylation sites is 3. The van der Waals surface area contributed by atoms with Crippen molar-refractivity contribution in [2.45, 2.75) is 0 Å². The van der Waals surface area contributed by atoms with E-state index in [-0.39, 0.29) is 0 Å². The van der Waals surface area contributed by atoms with Crippen LogP contribution in [0.5, 0.6) is 0 Å². The minimum absolute atomic E-state index is 0.559. The van der Waals surface area contributed by atoms with Gasteiger partial charge in [-0.1, -0.05) is 140 Å². The van der Waals surface area contributed by atoms with Crippen molar-refractivity contribution in [1.82, 2.24) is 24.1 Å². The van der Waals surface area contributed by atoms with E-state index in [9.17, 15) is 0 Å². The number of aromatic nitrogens is 5. The maximum Gasteiger partial charge on any atom is 0.167 e. The van der Waals surface area contributed by atoms with Gasteiger partial charge >= 0.3 is 0 Å². The van der Waals surface area contributed by atoms with Crippen LogP contribution >= 0.6 is 0 Å². The van der Waals surface area contributed by atoms with Crippen molar-refractivity contribution >= 4 is 76.3 Å². The second-order valence-electron chi connectivity index (χ2n) is 15.6. The molecule has 4 aromatic heterocycles. The third-order valence-electron chi connectivity index (χ3n) is 12.1. The summed E-state index contributed by atoms with van der Waals surface area (Å²) in [5.41, 5.74) is 11.1. The fourth-order valence-electron chi connectivity index (χ4n) is 9.50. The van der Waals surface area contributed by atoms with Crippen molar-refractivity contribution in [3.05, 3.63) is 200 Å². The van der Waals surface area contributed by atoms with Crippen LogP contribution in [-0.2, 0) is 0 Å². The van der Waals surface area contributed by atoms with Gasteiger partial charge < -0.3 is 13.6 Å². The molecule has 61 heavy (non-hydrogen) atoms. The molecule has 13 rings (SSSR count). The number of furan rings is 1. The summed E-state index contributed by atoms with van der Waals surface area (Å²) in [6, 6.07) is 70.2. The fourth-order valence-corrected chi connectivity index (χ4v) is 9.50. The monoisotopic (exact) mass is 779 g/mol. The van der Waals surface area contributed by atoms with Crippen molar-refractivity contribution in [2.75, 3.05) is 0 Å². The number of hydrogen-bond donors (Lipinski definition) is 0. The molecule has 0 aliphatic rings. The van der Waals surface area contributed by atoms with Crippen LogP contribution in [0, 0.1) is 0 Å². The van der Waals surface area contributed by atoms with Gasteiger partial charge in [-0.05, 0) is 71.4 Å². The summed E-state index contributed by atoms with van der Waals surface area (Å²) in [5, 5.41) is 9.17. The Balaban J connectivity index is 1.08. The van der Waals surface area contributed by atoms with Crippen molar-refractivity contribution in [2.24, 2.45) is 0 Å². The van der Waals surface area contributed by atoms with Crippen LogP contribution in [0.3, 0.4) is 0 Å². The zero-order valence-electron chi connectivity index (χ0n) is 32.7. The van der Waals surface area contributed by atoms with Crippen LogP contribution in [0.15, 0.2) is 205 Å². The van der Waals surface area contributed by atoms with Gasteiger partial charge in [-0.3, -0.25) is 0 Å². The second kappa shape index (κ2) is 13.1. The summed E-state index contributed by atoms with van der Waals surface area (Å²) >= 11 is 0. The maximum atomic E-state index is 6.92. The maximum absolute atomic E-state index is 6.92. The number of fused-ring (bicyclic) bond motifs is 12. The highest BCUT2D eigenvalue weighted by atomic mass is 16.3. The molecule has 6 nitrogen and oxygen atoms in total. The van der Waals surface area contributed by atoms with Crippen LogP contribution in [0.4, 0.5) is 0 Å². The first-order valence-corrected chi connectivity index (χ1v) is 20.5. The Morgan fingerprint density at radius 2 is 0.852 bits per heavy atom.